The number of fused-ring (bicyclic) bond motifs is 1. The highest BCUT2D eigenvalue weighted by Gasteiger charge is 2.15. The zero-order chi connectivity index (χ0) is 17.8. The number of amides is 1. The number of anilines is 1. The van der Waals surface area contributed by atoms with Crippen molar-refractivity contribution >= 4 is 28.3 Å². The van der Waals surface area contributed by atoms with E-state index < -0.39 is 11.9 Å². The molecule has 0 radical (unpaired) electrons. The second-order valence-corrected chi connectivity index (χ2v) is 5.61. The van der Waals surface area contributed by atoms with E-state index >= 15 is 0 Å². The molecule has 0 aliphatic rings. The van der Waals surface area contributed by atoms with E-state index in [1.807, 2.05) is 30.3 Å². The van der Waals surface area contributed by atoms with Crippen LogP contribution < -0.4 is 5.06 Å². The summed E-state index contributed by atoms with van der Waals surface area (Å²) in [7, 11) is 1.30. The van der Waals surface area contributed by atoms with Crippen LogP contribution in [0.1, 0.15) is 15.9 Å². The van der Waals surface area contributed by atoms with Crippen LogP contribution in [0, 0.1) is 0 Å². The van der Waals surface area contributed by atoms with Crippen molar-refractivity contribution in [2.24, 2.45) is 0 Å². The fourth-order valence-electron chi connectivity index (χ4n) is 2.63. The second-order valence-electron chi connectivity index (χ2n) is 5.61. The fourth-order valence-corrected chi connectivity index (χ4v) is 2.63. The third-order valence-corrected chi connectivity index (χ3v) is 3.92. The van der Waals surface area contributed by atoms with Gasteiger partial charge in [0.1, 0.15) is 0 Å². The van der Waals surface area contributed by atoms with Crippen LogP contribution in [0.4, 0.5) is 5.69 Å². The predicted molar refractivity (Wildman–Crippen MR) is 94.7 cm³/mol. The summed E-state index contributed by atoms with van der Waals surface area (Å²) >= 11 is 0. The number of nitrogens with zero attached hydrogens (tertiary/aromatic N) is 1. The molecule has 3 rings (SSSR count). The van der Waals surface area contributed by atoms with E-state index in [0.717, 1.165) is 10.8 Å². The van der Waals surface area contributed by atoms with E-state index in [1.165, 1.54) is 7.11 Å². The van der Waals surface area contributed by atoms with E-state index in [2.05, 4.69) is 4.74 Å². The van der Waals surface area contributed by atoms with E-state index in [9.17, 15) is 14.8 Å². The zero-order valence-electron chi connectivity index (χ0n) is 13.7. The summed E-state index contributed by atoms with van der Waals surface area (Å²) in [6.45, 7) is 0. The number of carbonyl (C=O) groups excluding carboxylic acids is 2. The van der Waals surface area contributed by atoms with Gasteiger partial charge in [0.25, 0.3) is 5.91 Å². The van der Waals surface area contributed by atoms with Gasteiger partial charge in [0.05, 0.1) is 24.8 Å². The molecular weight excluding hydrogens is 318 g/mol. The number of hydroxylamine groups is 1. The van der Waals surface area contributed by atoms with Gasteiger partial charge in [-0.15, -0.1) is 0 Å². The third kappa shape index (κ3) is 3.67. The molecule has 5 nitrogen and oxygen atoms in total. The molecule has 0 fully saturated rings. The summed E-state index contributed by atoms with van der Waals surface area (Å²) in [6.07, 6.45) is -0.0336. The number of carbonyl (C=O) groups is 2. The van der Waals surface area contributed by atoms with Crippen molar-refractivity contribution in [3.05, 3.63) is 77.9 Å². The maximum atomic E-state index is 12.4. The Balaban J connectivity index is 1.79. The van der Waals surface area contributed by atoms with Crippen molar-refractivity contribution in [2.45, 2.75) is 6.42 Å². The van der Waals surface area contributed by atoms with Gasteiger partial charge in [-0.2, -0.15) is 5.06 Å². The molecule has 0 bridgehead atoms. The van der Waals surface area contributed by atoms with Gasteiger partial charge in [-0.1, -0.05) is 42.5 Å². The first-order chi connectivity index (χ1) is 12.1. The molecule has 1 N–H and O–H groups in total. The molecule has 0 saturated heterocycles. The van der Waals surface area contributed by atoms with Crippen molar-refractivity contribution in [1.29, 1.82) is 0 Å². The molecule has 0 heterocycles. The lowest BCUT2D eigenvalue weighted by Gasteiger charge is -2.16. The molecule has 3 aromatic carbocycles. The van der Waals surface area contributed by atoms with Gasteiger partial charge in [0, 0.05) is 0 Å². The normalized spacial score (nSPS) is 10.5. The van der Waals surface area contributed by atoms with Crippen LogP contribution >= 0.6 is 0 Å². The first-order valence-corrected chi connectivity index (χ1v) is 7.76. The van der Waals surface area contributed by atoms with Crippen LogP contribution in [0.3, 0.4) is 0 Å². The smallest absolute Gasteiger partial charge is 0.337 e. The number of ether oxygens (including phenoxy) is 1. The van der Waals surface area contributed by atoms with E-state index in [1.54, 1.807) is 36.4 Å². The van der Waals surface area contributed by atoms with Crippen molar-refractivity contribution in [2.75, 3.05) is 12.2 Å². The van der Waals surface area contributed by atoms with Crippen molar-refractivity contribution in [3.8, 4) is 0 Å². The standard InChI is InChI=1S/C20H17NO4/c1-25-20(23)17-8-4-5-14(11-17)12-19(22)21(24)18-10-9-15-6-2-3-7-16(15)13-18/h2-11,13,24H,12H2,1H3. The molecule has 0 aromatic heterocycles. The van der Waals surface area contributed by atoms with Gasteiger partial charge in [0.2, 0.25) is 0 Å². The number of methoxy groups -OCH3 is 1. The Hall–Kier alpha value is -3.18. The van der Waals surface area contributed by atoms with Crippen molar-refractivity contribution in [3.63, 3.8) is 0 Å². The van der Waals surface area contributed by atoms with E-state index in [4.69, 9.17) is 0 Å². The van der Waals surface area contributed by atoms with Gasteiger partial charge in [-0.05, 0) is 40.6 Å². The summed E-state index contributed by atoms with van der Waals surface area (Å²) in [5, 5.41) is 12.8. The Labute approximate surface area is 145 Å². The molecule has 0 spiro atoms. The molecule has 0 atom stereocenters. The zero-order valence-corrected chi connectivity index (χ0v) is 13.7. The minimum Gasteiger partial charge on any atom is -0.465 e. The van der Waals surface area contributed by atoms with Crippen LogP contribution in [0.5, 0.6) is 0 Å². The molecule has 126 valence electrons. The molecule has 0 aliphatic carbocycles. The molecule has 25 heavy (non-hydrogen) atoms. The summed E-state index contributed by atoms with van der Waals surface area (Å²) < 4.78 is 4.67. The van der Waals surface area contributed by atoms with Crippen molar-refractivity contribution < 1.29 is 19.5 Å². The lowest BCUT2D eigenvalue weighted by Crippen LogP contribution is -2.28. The lowest BCUT2D eigenvalue weighted by molar-refractivity contribution is -0.122. The Morgan fingerprint density at radius 2 is 1.72 bits per heavy atom. The molecule has 5 heteroatoms. The van der Waals surface area contributed by atoms with Crippen molar-refractivity contribution in [1.82, 2.24) is 0 Å². The molecular formula is C20H17NO4. The molecule has 0 saturated carbocycles. The first-order valence-electron chi connectivity index (χ1n) is 7.76. The molecule has 1 amide bonds. The van der Waals surface area contributed by atoms with Crippen LogP contribution in [-0.2, 0) is 16.0 Å². The topological polar surface area (TPSA) is 66.8 Å². The average molecular weight is 335 g/mol. The van der Waals surface area contributed by atoms with Crippen LogP contribution in [0.15, 0.2) is 66.7 Å². The van der Waals surface area contributed by atoms with Gasteiger partial charge in [-0.25, -0.2) is 4.79 Å². The summed E-state index contributed by atoms with van der Waals surface area (Å²) in [5.41, 5.74) is 1.38. The highest BCUT2D eigenvalue weighted by atomic mass is 16.5. The Kier molecular flexibility index (Phi) is 4.77. The van der Waals surface area contributed by atoms with Gasteiger partial charge in [0.15, 0.2) is 0 Å². The van der Waals surface area contributed by atoms with Crippen LogP contribution in [-0.4, -0.2) is 24.2 Å². The highest BCUT2D eigenvalue weighted by molar-refractivity contribution is 5.96. The minimum absolute atomic E-state index is 0.0336. The maximum absolute atomic E-state index is 12.4. The van der Waals surface area contributed by atoms with Gasteiger partial charge < -0.3 is 4.74 Å². The van der Waals surface area contributed by atoms with Gasteiger partial charge in [-0.3, -0.25) is 10.0 Å². The SMILES string of the molecule is COC(=O)c1cccc(CC(=O)N(O)c2ccc3ccccc3c2)c1. The number of rotatable bonds is 4. The molecule has 0 aliphatic heterocycles. The maximum Gasteiger partial charge on any atom is 0.337 e. The summed E-state index contributed by atoms with van der Waals surface area (Å²) in [4.78, 5) is 23.9. The first kappa shape index (κ1) is 16.7. The summed E-state index contributed by atoms with van der Waals surface area (Å²) in [5.74, 6) is -0.957. The van der Waals surface area contributed by atoms with Crippen LogP contribution in [0.25, 0.3) is 10.8 Å². The third-order valence-electron chi connectivity index (χ3n) is 3.92. The molecule has 3 aromatic rings. The second kappa shape index (κ2) is 7.15. The Morgan fingerprint density at radius 3 is 2.48 bits per heavy atom. The van der Waals surface area contributed by atoms with Gasteiger partial charge >= 0.3 is 5.97 Å². The minimum atomic E-state index is -0.489. The highest BCUT2D eigenvalue weighted by Crippen LogP contribution is 2.22. The summed E-state index contributed by atoms with van der Waals surface area (Å²) in [6, 6.07) is 19.6. The Bertz CT molecular complexity index is 936. The average Bonchev–Trinajstić information content (AvgIpc) is 2.66. The van der Waals surface area contributed by atoms with Crippen LogP contribution in [0.2, 0.25) is 0 Å². The van der Waals surface area contributed by atoms with E-state index in [-0.39, 0.29) is 6.42 Å². The number of esters is 1. The lowest BCUT2D eigenvalue weighted by atomic mass is 10.1. The Morgan fingerprint density at radius 1 is 0.960 bits per heavy atom. The fraction of sp³-hybridized carbons (Fsp3) is 0.100. The number of benzene rings is 3. The van der Waals surface area contributed by atoms with E-state index in [0.29, 0.717) is 21.9 Å². The number of hydrogen-bond donors (Lipinski definition) is 1. The predicted octanol–water partition coefficient (Wildman–Crippen LogP) is 3.59. The number of hydrogen-bond acceptors (Lipinski definition) is 4. The monoisotopic (exact) mass is 335 g/mol. The quantitative estimate of drug-likeness (QED) is 0.449. The largest absolute Gasteiger partial charge is 0.465 e. The molecule has 0 unspecified atom stereocenters.